The monoisotopic (exact) mass is 300 g/mol. The van der Waals surface area contributed by atoms with Crippen molar-refractivity contribution in [3.05, 3.63) is 28.2 Å². The molecule has 1 aromatic carbocycles. The molecule has 0 aliphatic carbocycles. The van der Waals surface area contributed by atoms with Gasteiger partial charge in [0.15, 0.2) is 0 Å². The molecule has 5 nitrogen and oxygen atoms in total. The number of benzene rings is 1. The highest BCUT2D eigenvalue weighted by molar-refractivity contribution is 9.10. The number of nitrogens with one attached hydrogen (secondary N) is 1. The summed E-state index contributed by atoms with van der Waals surface area (Å²) in [7, 11) is 1.27. The van der Waals surface area contributed by atoms with Crippen LogP contribution in [-0.2, 0) is 9.53 Å². The Morgan fingerprint density at radius 3 is 2.59 bits per heavy atom. The molecule has 0 saturated heterocycles. The lowest BCUT2D eigenvalue weighted by molar-refractivity contribution is -0.142. The molecule has 92 valence electrons. The van der Waals surface area contributed by atoms with Crippen LogP contribution in [0.15, 0.2) is 22.7 Å². The maximum Gasteiger partial charge on any atom is 0.328 e. The van der Waals surface area contributed by atoms with Crippen LogP contribution in [0.2, 0.25) is 0 Å². The van der Waals surface area contributed by atoms with E-state index in [0.717, 1.165) is 0 Å². The second kappa shape index (κ2) is 5.67. The largest absolute Gasteiger partial charge is 0.467 e. The topological polar surface area (TPSA) is 81.4 Å². The van der Waals surface area contributed by atoms with Crippen molar-refractivity contribution < 1.29 is 14.3 Å². The van der Waals surface area contributed by atoms with Crippen molar-refractivity contribution in [3.63, 3.8) is 0 Å². The summed E-state index contributed by atoms with van der Waals surface area (Å²) in [5, 5.41) is 2.51. The van der Waals surface area contributed by atoms with Crippen LogP contribution in [0.5, 0.6) is 0 Å². The first-order valence-electron chi connectivity index (χ1n) is 4.89. The number of hydrogen-bond acceptors (Lipinski definition) is 4. The van der Waals surface area contributed by atoms with E-state index in [1.165, 1.54) is 13.2 Å². The van der Waals surface area contributed by atoms with E-state index in [2.05, 4.69) is 26.0 Å². The number of esters is 1. The standard InChI is InChI=1S/C11H13BrN2O3/c1-6(11(16)17-2)14-10(15)7-3-8(12)5-9(13)4-7/h3-6H,13H2,1-2H3,(H,14,15)/t6-/m0/s1. The minimum Gasteiger partial charge on any atom is -0.467 e. The molecule has 0 saturated carbocycles. The van der Waals surface area contributed by atoms with Gasteiger partial charge in [-0.25, -0.2) is 4.79 Å². The van der Waals surface area contributed by atoms with Gasteiger partial charge in [-0.2, -0.15) is 0 Å². The summed E-state index contributed by atoms with van der Waals surface area (Å²) in [5.74, 6) is -0.878. The van der Waals surface area contributed by atoms with Gasteiger partial charge in [-0.1, -0.05) is 15.9 Å². The zero-order valence-electron chi connectivity index (χ0n) is 9.49. The van der Waals surface area contributed by atoms with Crippen molar-refractivity contribution in [1.82, 2.24) is 5.32 Å². The van der Waals surface area contributed by atoms with Gasteiger partial charge in [-0.05, 0) is 25.1 Å². The van der Waals surface area contributed by atoms with Gasteiger partial charge in [0.1, 0.15) is 6.04 Å². The molecule has 1 aromatic rings. The number of ether oxygens (including phenoxy) is 1. The SMILES string of the molecule is COC(=O)[C@H](C)NC(=O)c1cc(N)cc(Br)c1. The van der Waals surface area contributed by atoms with Gasteiger partial charge in [-0.3, -0.25) is 4.79 Å². The normalized spacial score (nSPS) is 11.7. The van der Waals surface area contributed by atoms with Crippen molar-refractivity contribution in [2.24, 2.45) is 0 Å². The Morgan fingerprint density at radius 2 is 2.06 bits per heavy atom. The molecule has 17 heavy (non-hydrogen) atoms. The van der Waals surface area contributed by atoms with E-state index in [9.17, 15) is 9.59 Å². The summed E-state index contributed by atoms with van der Waals surface area (Å²) in [5.41, 5.74) is 6.46. The fourth-order valence-corrected chi connectivity index (χ4v) is 1.77. The van der Waals surface area contributed by atoms with Gasteiger partial charge < -0.3 is 15.8 Å². The molecule has 0 aromatic heterocycles. The smallest absolute Gasteiger partial charge is 0.328 e. The van der Waals surface area contributed by atoms with Gasteiger partial charge >= 0.3 is 5.97 Å². The van der Waals surface area contributed by atoms with Crippen LogP contribution < -0.4 is 11.1 Å². The number of carbonyl (C=O) groups excluding carboxylic acids is 2. The summed E-state index contributed by atoms with van der Waals surface area (Å²) in [6.07, 6.45) is 0. The lowest BCUT2D eigenvalue weighted by Crippen LogP contribution is -2.39. The quantitative estimate of drug-likeness (QED) is 0.652. The fourth-order valence-electron chi connectivity index (χ4n) is 1.26. The Labute approximate surface area is 107 Å². The van der Waals surface area contributed by atoms with Crippen molar-refractivity contribution in [1.29, 1.82) is 0 Å². The Morgan fingerprint density at radius 1 is 1.41 bits per heavy atom. The molecule has 0 bridgehead atoms. The Kier molecular flexibility index (Phi) is 4.51. The molecule has 0 radical (unpaired) electrons. The first kappa shape index (κ1) is 13.5. The third kappa shape index (κ3) is 3.74. The number of carbonyl (C=O) groups is 2. The minimum absolute atomic E-state index is 0.379. The number of amides is 1. The number of rotatable bonds is 3. The van der Waals surface area contributed by atoms with Crippen LogP contribution in [0.4, 0.5) is 5.69 Å². The highest BCUT2D eigenvalue weighted by Crippen LogP contribution is 2.17. The Hall–Kier alpha value is -1.56. The zero-order chi connectivity index (χ0) is 13.0. The van der Waals surface area contributed by atoms with Crippen LogP contribution in [-0.4, -0.2) is 25.0 Å². The van der Waals surface area contributed by atoms with Gasteiger partial charge in [0.05, 0.1) is 7.11 Å². The second-order valence-electron chi connectivity index (χ2n) is 3.49. The van der Waals surface area contributed by atoms with Crippen LogP contribution in [0.1, 0.15) is 17.3 Å². The predicted molar refractivity (Wildman–Crippen MR) is 67.5 cm³/mol. The molecule has 3 N–H and O–H groups in total. The van der Waals surface area contributed by atoms with Crippen LogP contribution in [0.25, 0.3) is 0 Å². The lowest BCUT2D eigenvalue weighted by atomic mass is 10.2. The molecule has 6 heteroatoms. The average molecular weight is 301 g/mol. The van der Waals surface area contributed by atoms with Crippen LogP contribution in [0.3, 0.4) is 0 Å². The van der Waals surface area contributed by atoms with E-state index in [0.29, 0.717) is 15.7 Å². The van der Waals surface area contributed by atoms with Gasteiger partial charge in [0, 0.05) is 15.7 Å². The first-order valence-corrected chi connectivity index (χ1v) is 5.68. The Bertz CT molecular complexity index is 428. The first-order chi connectivity index (χ1) is 7.93. The summed E-state index contributed by atoms with van der Waals surface area (Å²) in [4.78, 5) is 22.9. The van der Waals surface area contributed by atoms with E-state index < -0.39 is 12.0 Å². The number of nitrogens with two attached hydrogens (primary N) is 1. The summed E-state index contributed by atoms with van der Waals surface area (Å²) >= 11 is 3.24. The van der Waals surface area contributed by atoms with Crippen molar-refractivity contribution in [2.45, 2.75) is 13.0 Å². The van der Waals surface area contributed by atoms with Crippen LogP contribution >= 0.6 is 15.9 Å². The molecule has 1 atom stereocenters. The molecule has 0 unspecified atom stereocenters. The lowest BCUT2D eigenvalue weighted by Gasteiger charge is -2.11. The summed E-state index contributed by atoms with van der Waals surface area (Å²) in [6, 6.07) is 4.13. The van der Waals surface area contributed by atoms with Crippen molar-refractivity contribution in [3.8, 4) is 0 Å². The van der Waals surface area contributed by atoms with E-state index in [4.69, 9.17) is 5.73 Å². The highest BCUT2D eigenvalue weighted by Gasteiger charge is 2.17. The predicted octanol–water partition coefficient (Wildman–Crippen LogP) is 1.32. The molecular weight excluding hydrogens is 288 g/mol. The van der Waals surface area contributed by atoms with Gasteiger partial charge in [0.2, 0.25) is 0 Å². The maximum absolute atomic E-state index is 11.8. The summed E-state index contributed by atoms with van der Waals surface area (Å²) < 4.78 is 5.21. The van der Waals surface area contributed by atoms with Crippen molar-refractivity contribution >= 4 is 33.5 Å². The second-order valence-corrected chi connectivity index (χ2v) is 4.41. The average Bonchev–Trinajstić information content (AvgIpc) is 2.26. The minimum atomic E-state index is -0.701. The van der Waals surface area contributed by atoms with E-state index in [-0.39, 0.29) is 5.91 Å². The van der Waals surface area contributed by atoms with E-state index in [1.54, 1.807) is 19.1 Å². The fraction of sp³-hybridized carbons (Fsp3) is 0.273. The molecular formula is C11H13BrN2O3. The number of methoxy groups -OCH3 is 1. The van der Waals surface area contributed by atoms with E-state index >= 15 is 0 Å². The molecule has 0 aliphatic rings. The van der Waals surface area contributed by atoms with Gasteiger partial charge in [-0.15, -0.1) is 0 Å². The highest BCUT2D eigenvalue weighted by atomic mass is 79.9. The van der Waals surface area contributed by atoms with Gasteiger partial charge in [0.25, 0.3) is 5.91 Å². The third-order valence-corrected chi connectivity index (χ3v) is 2.54. The molecule has 0 spiro atoms. The molecule has 1 amide bonds. The summed E-state index contributed by atoms with van der Waals surface area (Å²) in [6.45, 7) is 1.55. The molecule has 0 aliphatic heterocycles. The van der Waals surface area contributed by atoms with Crippen molar-refractivity contribution in [2.75, 3.05) is 12.8 Å². The Balaban J connectivity index is 2.79. The molecule has 1 rings (SSSR count). The van der Waals surface area contributed by atoms with E-state index in [1.807, 2.05) is 0 Å². The maximum atomic E-state index is 11.8. The number of nitrogen functional groups attached to an aromatic ring is 1. The molecule has 0 heterocycles. The number of hydrogen-bond donors (Lipinski definition) is 2. The molecule has 0 fully saturated rings. The third-order valence-electron chi connectivity index (χ3n) is 2.08. The van der Waals surface area contributed by atoms with Crippen LogP contribution in [0, 0.1) is 0 Å². The number of anilines is 1. The number of halogens is 1. The zero-order valence-corrected chi connectivity index (χ0v) is 11.1.